The van der Waals surface area contributed by atoms with Crippen LogP contribution in [0.4, 0.5) is 4.79 Å². The molecule has 41 heavy (non-hydrogen) atoms. The fraction of sp³-hybridized carbons (Fsp3) is 0.129. The van der Waals surface area contributed by atoms with Crippen LogP contribution in [0.25, 0.3) is 32.7 Å². The highest BCUT2D eigenvalue weighted by Crippen LogP contribution is 2.59. The fourth-order valence-electron chi connectivity index (χ4n) is 5.66. The minimum Gasteiger partial charge on any atom is -0.465 e. The van der Waals surface area contributed by atoms with Crippen molar-refractivity contribution in [1.29, 1.82) is 0 Å². The van der Waals surface area contributed by atoms with Gasteiger partial charge < -0.3 is 19.1 Å². The molecule has 206 valence electrons. The maximum absolute atomic E-state index is 14.3. The molecule has 0 aromatic heterocycles. The van der Waals surface area contributed by atoms with Crippen molar-refractivity contribution in [3.63, 3.8) is 0 Å². The smallest absolute Gasteiger partial charge is 0.465 e. The summed E-state index contributed by atoms with van der Waals surface area (Å²) in [7, 11) is -4.26. The largest absolute Gasteiger partial charge is 0.604 e. The number of nitrogens with one attached hydrogen (secondary N) is 1. The third kappa shape index (κ3) is 4.75. The molecular formula is C31H24BrN2O6P. The van der Waals surface area contributed by atoms with Crippen LogP contribution in [0.15, 0.2) is 95.5 Å². The van der Waals surface area contributed by atoms with Gasteiger partial charge in [0.25, 0.3) is 0 Å². The van der Waals surface area contributed by atoms with Crippen molar-refractivity contribution in [2.75, 3.05) is 6.54 Å². The van der Waals surface area contributed by atoms with Crippen molar-refractivity contribution in [2.45, 2.75) is 19.0 Å². The van der Waals surface area contributed by atoms with E-state index in [4.69, 9.17) is 13.7 Å². The van der Waals surface area contributed by atoms with E-state index in [1.54, 1.807) is 12.1 Å². The van der Waals surface area contributed by atoms with Gasteiger partial charge in [0.1, 0.15) is 11.5 Å². The second-order valence-electron chi connectivity index (χ2n) is 10.0. The van der Waals surface area contributed by atoms with E-state index in [1.165, 1.54) is 4.90 Å². The molecule has 0 fully saturated rings. The van der Waals surface area contributed by atoms with Crippen LogP contribution in [0.5, 0.6) is 11.5 Å². The number of fused-ring (bicyclic) bond motifs is 8. The van der Waals surface area contributed by atoms with Crippen LogP contribution in [-0.2, 0) is 15.7 Å². The summed E-state index contributed by atoms with van der Waals surface area (Å²) in [6.07, 6.45) is -0.614. The van der Waals surface area contributed by atoms with Crippen LogP contribution in [0, 0.1) is 0 Å². The monoisotopic (exact) mass is 630 g/mol. The Hall–Kier alpha value is -3.88. The zero-order valence-corrected chi connectivity index (χ0v) is 24.1. The van der Waals surface area contributed by atoms with Crippen LogP contribution in [-0.4, -0.2) is 22.6 Å². The molecule has 2 aliphatic rings. The average molecular weight is 631 g/mol. The Labute approximate surface area is 244 Å². The van der Waals surface area contributed by atoms with E-state index >= 15 is 0 Å². The molecule has 0 saturated carbocycles. The van der Waals surface area contributed by atoms with Gasteiger partial charge in [-0.15, -0.1) is 0 Å². The van der Waals surface area contributed by atoms with Gasteiger partial charge >= 0.3 is 13.9 Å². The number of amides is 1. The number of carboxylic acid groups (broad SMARTS) is 1. The van der Waals surface area contributed by atoms with Gasteiger partial charge in [-0.25, -0.2) is 9.36 Å². The van der Waals surface area contributed by atoms with Crippen molar-refractivity contribution in [3.05, 3.63) is 107 Å². The Morgan fingerprint density at radius 1 is 0.902 bits per heavy atom. The van der Waals surface area contributed by atoms with Gasteiger partial charge in [-0.2, -0.15) is 10.1 Å². The molecule has 0 unspecified atom stereocenters. The normalized spacial score (nSPS) is 17.4. The minimum absolute atomic E-state index is 0.230. The first-order valence-corrected chi connectivity index (χ1v) is 15.4. The van der Waals surface area contributed by atoms with E-state index < -0.39 is 20.0 Å². The van der Waals surface area contributed by atoms with E-state index in [9.17, 15) is 14.5 Å². The number of rotatable bonds is 3. The molecule has 2 aliphatic heterocycles. The summed E-state index contributed by atoms with van der Waals surface area (Å²) in [4.78, 5) is 13.1. The zero-order chi connectivity index (χ0) is 28.1. The third-order valence-electron chi connectivity index (χ3n) is 7.56. The second-order valence-corrected chi connectivity index (χ2v) is 12.4. The first-order valence-electron chi connectivity index (χ1n) is 13.1. The number of phosphoric acid groups is 1. The molecule has 0 bridgehead atoms. The molecule has 2 N–H and O–H groups in total. The van der Waals surface area contributed by atoms with Crippen LogP contribution >= 0.6 is 23.8 Å². The SMILES string of the molecule is O=C(O)N1CC[C@@H](NOP2(=O)Oc3ccc4ccccc4c3-c3c(ccc4ccccc34)O2)c2ccc(Br)cc2C1. The lowest BCUT2D eigenvalue weighted by Gasteiger charge is -2.22. The lowest BCUT2D eigenvalue weighted by atomic mass is 9.92. The van der Waals surface area contributed by atoms with Crippen molar-refractivity contribution in [2.24, 2.45) is 0 Å². The standard InChI is InChI=1S/C31H24BrN2O6P/c32-22-11-12-23-21(17-22)18-34(31(35)36)16-15-26(23)33-40-41(37)38-27-13-9-19-5-1-3-7-24(19)29(27)30-25-8-4-2-6-20(25)10-14-28(30)39-41/h1-14,17,26,33H,15-16,18H2,(H,35,36)/t26-/m1/s1. The highest BCUT2D eigenvalue weighted by atomic mass is 79.9. The molecule has 8 nitrogen and oxygen atoms in total. The summed E-state index contributed by atoms with van der Waals surface area (Å²) in [6.45, 7) is 0.492. The molecule has 0 spiro atoms. The summed E-state index contributed by atoms with van der Waals surface area (Å²) >= 11 is 3.47. The van der Waals surface area contributed by atoms with Crippen molar-refractivity contribution in [1.82, 2.24) is 10.4 Å². The molecule has 5 aromatic carbocycles. The molecule has 0 saturated heterocycles. The van der Waals surface area contributed by atoms with Gasteiger partial charge in [-0.05, 0) is 63.4 Å². The number of hydroxylamine groups is 1. The van der Waals surface area contributed by atoms with Crippen molar-refractivity contribution < 1.29 is 28.1 Å². The third-order valence-corrected chi connectivity index (χ3v) is 9.22. The molecule has 1 amide bonds. The highest BCUT2D eigenvalue weighted by molar-refractivity contribution is 9.10. The van der Waals surface area contributed by atoms with E-state index in [1.807, 2.05) is 78.9 Å². The number of nitrogens with zero attached hydrogens (tertiary/aromatic N) is 1. The number of benzene rings is 5. The summed E-state index contributed by atoms with van der Waals surface area (Å²) in [5, 5.41) is 13.6. The van der Waals surface area contributed by atoms with Crippen LogP contribution in [0.1, 0.15) is 23.6 Å². The van der Waals surface area contributed by atoms with Crippen LogP contribution < -0.4 is 14.5 Å². The number of phosphoric ester groups is 1. The van der Waals surface area contributed by atoms with Crippen molar-refractivity contribution >= 4 is 51.4 Å². The van der Waals surface area contributed by atoms with Gasteiger partial charge in [-0.3, -0.25) is 0 Å². The maximum atomic E-state index is 14.3. The van der Waals surface area contributed by atoms with Crippen molar-refractivity contribution in [3.8, 4) is 22.6 Å². The molecule has 10 heteroatoms. The average Bonchev–Trinajstić information content (AvgIpc) is 3.23. The molecule has 2 heterocycles. The number of hydrogen-bond acceptors (Lipinski definition) is 6. The Kier molecular flexibility index (Phi) is 6.47. The van der Waals surface area contributed by atoms with E-state index in [-0.39, 0.29) is 13.1 Å². The van der Waals surface area contributed by atoms with Gasteiger partial charge in [0.05, 0.1) is 6.04 Å². The number of hydrogen-bond donors (Lipinski definition) is 2. The molecule has 1 atom stereocenters. The van der Waals surface area contributed by atoms with Crippen LogP contribution in [0.3, 0.4) is 0 Å². The van der Waals surface area contributed by atoms with Gasteiger partial charge in [0.15, 0.2) is 0 Å². The molecule has 0 aliphatic carbocycles. The Bertz CT molecular complexity index is 1810. The topological polar surface area (TPSA) is 97.3 Å². The Morgan fingerprint density at radius 2 is 1.51 bits per heavy atom. The molecular weight excluding hydrogens is 607 g/mol. The lowest BCUT2D eigenvalue weighted by Crippen LogP contribution is -2.30. The zero-order valence-electron chi connectivity index (χ0n) is 21.6. The van der Waals surface area contributed by atoms with E-state index in [2.05, 4.69) is 21.4 Å². The van der Waals surface area contributed by atoms with Gasteiger partial charge in [0, 0.05) is 28.7 Å². The summed E-state index contributed by atoms with van der Waals surface area (Å²) in [5.74, 6) is 0.761. The van der Waals surface area contributed by atoms with Gasteiger partial charge in [-0.1, -0.05) is 82.7 Å². The molecule has 5 aromatic rings. The summed E-state index contributed by atoms with van der Waals surface area (Å²) in [6, 6.07) is 28.5. The molecule has 7 rings (SSSR count). The fourth-order valence-corrected chi connectivity index (χ4v) is 7.22. The first-order chi connectivity index (χ1) is 19.9. The highest BCUT2D eigenvalue weighted by Gasteiger charge is 2.39. The quantitative estimate of drug-likeness (QED) is 0.152. The minimum atomic E-state index is -4.26. The predicted octanol–water partition coefficient (Wildman–Crippen LogP) is 8.45. The van der Waals surface area contributed by atoms with Gasteiger partial charge in [0.2, 0.25) is 0 Å². The first kappa shape index (κ1) is 26.0. The van der Waals surface area contributed by atoms with Crippen LogP contribution in [0.2, 0.25) is 0 Å². The number of halogens is 1. The summed E-state index contributed by atoms with van der Waals surface area (Å²) in [5.41, 5.74) is 6.13. The Morgan fingerprint density at radius 3 is 2.12 bits per heavy atom. The molecule has 0 radical (unpaired) electrons. The Balaban J connectivity index is 1.30. The van der Waals surface area contributed by atoms with E-state index in [0.717, 1.165) is 48.3 Å². The lowest BCUT2D eigenvalue weighted by molar-refractivity contribution is 0.0992. The maximum Gasteiger partial charge on any atom is 0.604 e. The second kappa shape index (κ2) is 10.2. The van der Waals surface area contributed by atoms with E-state index in [0.29, 0.717) is 17.9 Å². The number of carbonyl (C=O) groups is 1. The summed E-state index contributed by atoms with van der Waals surface area (Å²) < 4.78 is 33.2. The predicted molar refractivity (Wildman–Crippen MR) is 160 cm³/mol.